The fourth-order valence-electron chi connectivity index (χ4n) is 4.49. The van der Waals surface area contributed by atoms with Crippen LogP contribution in [0.5, 0.6) is 5.88 Å². The molecule has 35 heavy (non-hydrogen) atoms. The van der Waals surface area contributed by atoms with Crippen molar-refractivity contribution >= 4 is 33.0 Å². The second-order valence-electron chi connectivity index (χ2n) is 9.50. The highest BCUT2D eigenvalue weighted by atomic mass is 32.2. The molecule has 1 amide bonds. The molecule has 1 spiro atoms. The van der Waals surface area contributed by atoms with Crippen molar-refractivity contribution in [3.8, 4) is 5.88 Å². The number of sulfonamides is 1. The molecule has 4 rings (SSSR count). The number of amides is 1. The van der Waals surface area contributed by atoms with Crippen LogP contribution < -0.4 is 19.7 Å². The fraction of sp³-hybridized carbons (Fsp3) is 0.520. The lowest BCUT2D eigenvalue weighted by Crippen LogP contribution is -2.35. The molecule has 1 aliphatic heterocycles. The zero-order valence-corrected chi connectivity index (χ0v) is 21.2. The van der Waals surface area contributed by atoms with Crippen molar-refractivity contribution in [1.82, 2.24) is 4.98 Å². The van der Waals surface area contributed by atoms with Gasteiger partial charge in [-0.15, -0.1) is 0 Å². The Labute approximate surface area is 206 Å². The minimum Gasteiger partial charge on any atom is -0.478 e. The van der Waals surface area contributed by atoms with Crippen LogP contribution in [0.15, 0.2) is 30.3 Å². The van der Waals surface area contributed by atoms with E-state index in [-0.39, 0.29) is 11.7 Å². The Morgan fingerprint density at radius 3 is 2.54 bits per heavy atom. The van der Waals surface area contributed by atoms with E-state index in [1.54, 1.807) is 30.3 Å². The number of aryl methyl sites for hydroxylation is 1. The Morgan fingerprint density at radius 1 is 1.14 bits per heavy atom. The molecule has 0 atom stereocenters. The lowest BCUT2D eigenvalue weighted by Gasteiger charge is -2.35. The van der Waals surface area contributed by atoms with Gasteiger partial charge in [-0.2, -0.15) is 0 Å². The number of nitrogens with zero attached hydrogens (tertiary/aromatic N) is 2. The number of hydrogen-bond acceptors (Lipinski definition) is 7. The van der Waals surface area contributed by atoms with Gasteiger partial charge in [0.15, 0.2) is 0 Å². The van der Waals surface area contributed by atoms with Crippen molar-refractivity contribution in [3.63, 3.8) is 0 Å². The molecule has 0 bridgehead atoms. The molecule has 1 saturated heterocycles. The van der Waals surface area contributed by atoms with E-state index in [4.69, 9.17) is 9.84 Å². The number of ether oxygens (including phenoxy) is 1. The first-order valence-electron chi connectivity index (χ1n) is 12.2. The molecule has 3 N–H and O–H groups in total. The van der Waals surface area contributed by atoms with Crippen molar-refractivity contribution in [2.45, 2.75) is 46.0 Å². The number of piperidine rings is 1. The molecule has 2 heterocycles. The van der Waals surface area contributed by atoms with Crippen LogP contribution >= 0.6 is 0 Å². The number of hydrogen-bond donors (Lipinski definition) is 3. The normalized spacial score (nSPS) is 16.7. The summed E-state index contributed by atoms with van der Waals surface area (Å²) in [6.45, 7) is 5.56. The van der Waals surface area contributed by atoms with Crippen LogP contribution in [-0.2, 0) is 10.0 Å². The zero-order chi connectivity index (χ0) is 25.1. The molecule has 2 aliphatic rings. The fourth-order valence-corrected chi connectivity index (χ4v) is 5.32. The van der Waals surface area contributed by atoms with E-state index in [9.17, 15) is 13.2 Å². The second kappa shape index (κ2) is 10.4. The molecule has 190 valence electrons. The van der Waals surface area contributed by atoms with Gasteiger partial charge in [0.1, 0.15) is 0 Å². The van der Waals surface area contributed by atoms with Crippen LogP contribution in [0.3, 0.4) is 0 Å². The number of pyridine rings is 1. The van der Waals surface area contributed by atoms with Crippen molar-refractivity contribution in [2.24, 2.45) is 5.41 Å². The van der Waals surface area contributed by atoms with Gasteiger partial charge in [0, 0.05) is 30.5 Å². The molecule has 1 aliphatic carbocycles. The van der Waals surface area contributed by atoms with Crippen molar-refractivity contribution in [2.75, 3.05) is 47.0 Å². The molecule has 0 radical (unpaired) electrons. The first-order chi connectivity index (χ1) is 16.7. The van der Waals surface area contributed by atoms with E-state index >= 15 is 0 Å². The Hall–Kier alpha value is -2.85. The van der Waals surface area contributed by atoms with Crippen molar-refractivity contribution in [3.05, 3.63) is 41.6 Å². The van der Waals surface area contributed by atoms with Gasteiger partial charge >= 0.3 is 0 Å². The predicted octanol–water partition coefficient (Wildman–Crippen LogP) is 3.55. The molecule has 10 heteroatoms. The lowest BCUT2D eigenvalue weighted by atomic mass is 9.93. The van der Waals surface area contributed by atoms with E-state index in [0.717, 1.165) is 38.0 Å². The van der Waals surface area contributed by atoms with E-state index in [0.29, 0.717) is 40.5 Å². The zero-order valence-electron chi connectivity index (χ0n) is 20.3. The molecular weight excluding hydrogens is 468 g/mol. The first kappa shape index (κ1) is 25.2. The number of carbonyl (C=O) groups excluding carboxylic acids is 1. The molecule has 1 aromatic heterocycles. The van der Waals surface area contributed by atoms with Gasteiger partial charge in [-0.05, 0) is 68.7 Å². The Balaban J connectivity index is 1.60. The number of aromatic nitrogens is 1. The summed E-state index contributed by atoms with van der Waals surface area (Å²) in [6.07, 6.45) is 5.51. The minimum atomic E-state index is -3.68. The van der Waals surface area contributed by atoms with Crippen LogP contribution in [0.25, 0.3) is 0 Å². The van der Waals surface area contributed by atoms with Crippen molar-refractivity contribution in [1.29, 1.82) is 0 Å². The highest BCUT2D eigenvalue weighted by molar-refractivity contribution is 7.92. The number of rotatable bonds is 10. The summed E-state index contributed by atoms with van der Waals surface area (Å²) >= 11 is 0. The van der Waals surface area contributed by atoms with Crippen molar-refractivity contribution < 1.29 is 23.1 Å². The Kier molecular flexibility index (Phi) is 7.51. The monoisotopic (exact) mass is 502 g/mol. The number of aliphatic hydroxyl groups excluding tert-OH is 1. The van der Waals surface area contributed by atoms with Crippen LogP contribution in [0.2, 0.25) is 0 Å². The highest BCUT2D eigenvalue weighted by Gasteiger charge is 2.44. The summed E-state index contributed by atoms with van der Waals surface area (Å²) in [4.78, 5) is 19.9. The first-order valence-corrected chi connectivity index (χ1v) is 13.8. The number of anilines is 3. The topological polar surface area (TPSA) is 121 Å². The summed E-state index contributed by atoms with van der Waals surface area (Å²) in [5, 5.41) is 12.0. The maximum Gasteiger partial charge on any atom is 0.257 e. The predicted molar refractivity (Wildman–Crippen MR) is 137 cm³/mol. The third-order valence-electron chi connectivity index (χ3n) is 6.64. The third-order valence-corrected chi connectivity index (χ3v) is 7.91. The average Bonchev–Trinajstić information content (AvgIpc) is 3.56. The van der Waals surface area contributed by atoms with E-state index in [2.05, 4.69) is 19.9 Å². The standard InChI is InChI=1S/C25H34N4O5S/c1-3-13-34-23-17-20(15-18(2)26-23)27-24(31)21-5-4-19(28-35(32,33)14-12-30)16-22(21)29-10-8-25(6-7-25)9-11-29/h4-5,15-17,28,30H,3,6-14H2,1-2H3,(H,26,27,31). The average molecular weight is 503 g/mol. The van der Waals surface area contributed by atoms with Crippen LogP contribution in [0.4, 0.5) is 17.1 Å². The van der Waals surface area contributed by atoms with Crippen LogP contribution in [-0.4, -0.2) is 56.5 Å². The molecule has 2 aromatic rings. The summed E-state index contributed by atoms with van der Waals surface area (Å²) in [6, 6.07) is 8.42. The number of nitrogens with one attached hydrogen (secondary N) is 2. The summed E-state index contributed by atoms with van der Waals surface area (Å²) < 4.78 is 32.5. The molecular formula is C25H34N4O5S. The summed E-state index contributed by atoms with van der Waals surface area (Å²) in [5.41, 5.74) is 3.30. The van der Waals surface area contributed by atoms with Gasteiger partial charge < -0.3 is 20.1 Å². The van der Waals surface area contributed by atoms with E-state index in [1.165, 1.54) is 12.8 Å². The second-order valence-corrected chi connectivity index (χ2v) is 11.3. The number of carbonyl (C=O) groups is 1. The van der Waals surface area contributed by atoms with E-state index in [1.807, 2.05) is 13.8 Å². The van der Waals surface area contributed by atoms with Gasteiger partial charge in [0.05, 0.1) is 35.9 Å². The highest BCUT2D eigenvalue weighted by Crippen LogP contribution is 2.54. The van der Waals surface area contributed by atoms with Gasteiger partial charge in [0.2, 0.25) is 15.9 Å². The SMILES string of the molecule is CCCOc1cc(NC(=O)c2ccc(NS(=O)(=O)CCO)cc2N2CCC3(CC2)CC3)cc(C)n1. The van der Waals surface area contributed by atoms with Crippen LogP contribution in [0, 0.1) is 12.3 Å². The van der Waals surface area contributed by atoms with Gasteiger partial charge in [-0.3, -0.25) is 9.52 Å². The Bertz CT molecular complexity index is 1170. The molecule has 9 nitrogen and oxygen atoms in total. The maximum atomic E-state index is 13.4. The third kappa shape index (κ3) is 6.43. The molecule has 2 fully saturated rings. The van der Waals surface area contributed by atoms with Gasteiger partial charge in [-0.1, -0.05) is 6.92 Å². The lowest BCUT2D eigenvalue weighted by molar-refractivity contribution is 0.102. The smallest absolute Gasteiger partial charge is 0.257 e. The largest absolute Gasteiger partial charge is 0.478 e. The summed E-state index contributed by atoms with van der Waals surface area (Å²) in [7, 11) is -3.68. The number of benzene rings is 1. The molecule has 1 aromatic carbocycles. The number of aliphatic hydroxyl groups is 1. The van der Waals surface area contributed by atoms with Gasteiger partial charge in [0.25, 0.3) is 5.91 Å². The van der Waals surface area contributed by atoms with E-state index < -0.39 is 16.6 Å². The maximum absolute atomic E-state index is 13.4. The Morgan fingerprint density at radius 2 is 1.89 bits per heavy atom. The van der Waals surface area contributed by atoms with Gasteiger partial charge in [-0.25, -0.2) is 13.4 Å². The van der Waals surface area contributed by atoms with Crippen LogP contribution in [0.1, 0.15) is 55.1 Å². The minimum absolute atomic E-state index is 0.288. The molecule has 1 saturated carbocycles. The quantitative estimate of drug-likeness (QED) is 0.454. The summed E-state index contributed by atoms with van der Waals surface area (Å²) in [5.74, 6) is -0.217. The molecule has 0 unspecified atom stereocenters.